The molecule has 2 nitrogen and oxygen atoms in total. The average Bonchev–Trinajstić information content (AvgIpc) is 1.79. The fourth-order valence-corrected chi connectivity index (χ4v) is 1.25. The molecule has 0 radical (unpaired) electrons. The smallest absolute Gasteiger partial charge is 0.00270 e. The van der Waals surface area contributed by atoms with Crippen molar-refractivity contribution in [2.75, 3.05) is 26.7 Å². The van der Waals surface area contributed by atoms with Crippen LogP contribution in [0.2, 0.25) is 0 Å². The molecule has 68 valence electrons. The van der Waals surface area contributed by atoms with Crippen LogP contribution in [-0.2, 0) is 0 Å². The van der Waals surface area contributed by atoms with Gasteiger partial charge in [0.05, 0.1) is 0 Å². The van der Waals surface area contributed by atoms with E-state index in [0.29, 0.717) is 5.41 Å². The number of nitrogens with zero attached hydrogens (tertiary/aromatic N) is 1. The van der Waals surface area contributed by atoms with E-state index < -0.39 is 0 Å². The molecule has 0 spiro atoms. The van der Waals surface area contributed by atoms with Crippen LogP contribution in [0.5, 0.6) is 0 Å². The molecule has 0 aliphatic rings. The first-order valence-corrected chi connectivity index (χ1v) is 4.34. The van der Waals surface area contributed by atoms with Gasteiger partial charge in [-0.2, -0.15) is 0 Å². The normalized spacial score (nSPS) is 12.5. The molecule has 0 rings (SSSR count). The maximum Gasteiger partial charge on any atom is 0.00270 e. The topological polar surface area (TPSA) is 29.3 Å². The molecule has 11 heavy (non-hydrogen) atoms. The summed E-state index contributed by atoms with van der Waals surface area (Å²) in [4.78, 5) is 2.34. The molecule has 0 aromatic rings. The predicted molar refractivity (Wildman–Crippen MR) is 50.6 cm³/mol. The zero-order valence-corrected chi connectivity index (χ0v) is 8.35. The molecule has 0 amide bonds. The van der Waals surface area contributed by atoms with Gasteiger partial charge in [0.25, 0.3) is 0 Å². The van der Waals surface area contributed by atoms with Crippen LogP contribution < -0.4 is 5.73 Å². The lowest BCUT2D eigenvalue weighted by molar-refractivity contribution is 0.226. The first-order valence-electron chi connectivity index (χ1n) is 4.34. The molecule has 0 aliphatic heterocycles. The maximum atomic E-state index is 5.41. The third-order valence-corrected chi connectivity index (χ3v) is 1.49. The number of rotatable bonds is 4. The van der Waals surface area contributed by atoms with E-state index in [1.54, 1.807) is 0 Å². The summed E-state index contributed by atoms with van der Waals surface area (Å²) in [5, 5.41) is 0. The summed E-state index contributed by atoms with van der Waals surface area (Å²) in [5.74, 6) is 0. The molecule has 0 aromatic carbocycles. The van der Waals surface area contributed by atoms with Gasteiger partial charge in [-0.1, -0.05) is 20.8 Å². The SMILES string of the molecule is CN(CCCN)CC(C)(C)C. The summed E-state index contributed by atoms with van der Waals surface area (Å²) in [7, 11) is 2.15. The minimum Gasteiger partial charge on any atom is -0.330 e. The van der Waals surface area contributed by atoms with Crippen molar-refractivity contribution < 1.29 is 0 Å². The van der Waals surface area contributed by atoms with Crippen LogP contribution in [0.4, 0.5) is 0 Å². The molecule has 0 aliphatic carbocycles. The van der Waals surface area contributed by atoms with Crippen LogP contribution in [0.25, 0.3) is 0 Å². The first-order chi connectivity index (χ1) is 4.95. The summed E-state index contributed by atoms with van der Waals surface area (Å²) >= 11 is 0. The standard InChI is InChI=1S/C9H22N2/c1-9(2,3)8-11(4)7-5-6-10/h5-8,10H2,1-4H3. The third-order valence-electron chi connectivity index (χ3n) is 1.49. The molecule has 2 heteroatoms. The van der Waals surface area contributed by atoms with Gasteiger partial charge in [0.2, 0.25) is 0 Å². The van der Waals surface area contributed by atoms with Gasteiger partial charge >= 0.3 is 0 Å². The van der Waals surface area contributed by atoms with Gasteiger partial charge < -0.3 is 10.6 Å². The highest BCUT2D eigenvalue weighted by molar-refractivity contribution is 4.66. The van der Waals surface area contributed by atoms with Crippen molar-refractivity contribution in [1.29, 1.82) is 0 Å². The zero-order chi connectivity index (χ0) is 8.91. The molecule has 2 N–H and O–H groups in total. The third kappa shape index (κ3) is 7.82. The molecule has 0 atom stereocenters. The lowest BCUT2D eigenvalue weighted by Crippen LogP contribution is -2.30. The fraction of sp³-hybridized carbons (Fsp3) is 1.00. The highest BCUT2D eigenvalue weighted by atomic mass is 15.1. The molecular weight excluding hydrogens is 136 g/mol. The van der Waals surface area contributed by atoms with Gasteiger partial charge in [-0.05, 0) is 32.0 Å². The second-order valence-electron chi connectivity index (χ2n) is 4.44. The summed E-state index contributed by atoms with van der Waals surface area (Å²) < 4.78 is 0. The van der Waals surface area contributed by atoms with Crippen LogP contribution in [0.1, 0.15) is 27.2 Å². The van der Waals surface area contributed by atoms with Gasteiger partial charge in [0.15, 0.2) is 0 Å². The Labute approximate surface area is 70.8 Å². The van der Waals surface area contributed by atoms with Crippen LogP contribution in [0, 0.1) is 5.41 Å². The Morgan fingerprint density at radius 3 is 2.18 bits per heavy atom. The van der Waals surface area contributed by atoms with Crippen molar-refractivity contribution in [3.05, 3.63) is 0 Å². The van der Waals surface area contributed by atoms with Crippen molar-refractivity contribution in [3.8, 4) is 0 Å². The van der Waals surface area contributed by atoms with Gasteiger partial charge in [0, 0.05) is 6.54 Å². The maximum absolute atomic E-state index is 5.41. The molecule has 0 saturated heterocycles. The van der Waals surface area contributed by atoms with Crippen molar-refractivity contribution >= 4 is 0 Å². The minimum absolute atomic E-state index is 0.406. The van der Waals surface area contributed by atoms with Gasteiger partial charge in [-0.15, -0.1) is 0 Å². The first kappa shape index (κ1) is 10.9. The Balaban J connectivity index is 3.44. The minimum atomic E-state index is 0.406. The van der Waals surface area contributed by atoms with Crippen LogP contribution in [-0.4, -0.2) is 31.6 Å². The Morgan fingerprint density at radius 2 is 1.82 bits per heavy atom. The number of hydrogen-bond acceptors (Lipinski definition) is 2. The van der Waals surface area contributed by atoms with Crippen LogP contribution in [0.15, 0.2) is 0 Å². The van der Waals surface area contributed by atoms with Gasteiger partial charge in [0.1, 0.15) is 0 Å². The molecule has 0 fully saturated rings. The molecule has 0 saturated carbocycles. The highest BCUT2D eigenvalue weighted by Gasteiger charge is 2.12. The van der Waals surface area contributed by atoms with E-state index in [9.17, 15) is 0 Å². The second kappa shape index (κ2) is 4.73. The summed E-state index contributed by atoms with van der Waals surface area (Å²) in [5.41, 5.74) is 5.82. The Kier molecular flexibility index (Phi) is 4.69. The van der Waals surface area contributed by atoms with E-state index in [1.807, 2.05) is 0 Å². The Hall–Kier alpha value is -0.0800. The second-order valence-corrected chi connectivity index (χ2v) is 4.44. The van der Waals surface area contributed by atoms with Crippen molar-refractivity contribution in [3.63, 3.8) is 0 Å². The Bertz CT molecular complexity index is 94.2. The van der Waals surface area contributed by atoms with E-state index in [2.05, 4.69) is 32.7 Å². The van der Waals surface area contributed by atoms with E-state index in [0.717, 1.165) is 26.1 Å². The Morgan fingerprint density at radius 1 is 1.27 bits per heavy atom. The number of hydrogen-bond donors (Lipinski definition) is 1. The molecule has 0 unspecified atom stereocenters. The van der Waals surface area contributed by atoms with Gasteiger partial charge in [-0.3, -0.25) is 0 Å². The van der Waals surface area contributed by atoms with Crippen LogP contribution >= 0.6 is 0 Å². The van der Waals surface area contributed by atoms with E-state index >= 15 is 0 Å². The predicted octanol–water partition coefficient (Wildman–Crippen LogP) is 1.31. The van der Waals surface area contributed by atoms with Gasteiger partial charge in [-0.25, -0.2) is 0 Å². The summed E-state index contributed by atoms with van der Waals surface area (Å²) in [6.07, 6.45) is 1.10. The van der Waals surface area contributed by atoms with E-state index in [1.165, 1.54) is 0 Å². The van der Waals surface area contributed by atoms with Crippen LogP contribution in [0.3, 0.4) is 0 Å². The number of nitrogens with two attached hydrogens (primary N) is 1. The molecule has 0 bridgehead atoms. The van der Waals surface area contributed by atoms with Crippen molar-refractivity contribution in [2.45, 2.75) is 27.2 Å². The lowest BCUT2D eigenvalue weighted by Gasteiger charge is -2.26. The van der Waals surface area contributed by atoms with Crippen molar-refractivity contribution in [2.24, 2.45) is 11.1 Å². The summed E-state index contributed by atoms with van der Waals surface area (Å²) in [6, 6.07) is 0. The highest BCUT2D eigenvalue weighted by Crippen LogP contribution is 2.13. The monoisotopic (exact) mass is 158 g/mol. The lowest BCUT2D eigenvalue weighted by atomic mass is 9.96. The fourth-order valence-electron chi connectivity index (χ4n) is 1.25. The quantitative estimate of drug-likeness (QED) is 0.668. The zero-order valence-electron chi connectivity index (χ0n) is 8.35. The van der Waals surface area contributed by atoms with E-state index in [-0.39, 0.29) is 0 Å². The average molecular weight is 158 g/mol. The van der Waals surface area contributed by atoms with E-state index in [4.69, 9.17) is 5.73 Å². The molecule has 0 heterocycles. The largest absolute Gasteiger partial charge is 0.330 e. The molecule has 0 aromatic heterocycles. The molecular formula is C9H22N2. The summed E-state index contributed by atoms with van der Waals surface area (Å²) in [6.45, 7) is 9.83. The van der Waals surface area contributed by atoms with Crippen molar-refractivity contribution in [1.82, 2.24) is 4.90 Å².